The SMILES string of the molecule is CCC1CCCCN1C(=O)C(C)OC(=O)c1cc(-c2ccccc2)nc2onc(C)c12. The van der Waals surface area contributed by atoms with E-state index in [2.05, 4.69) is 17.1 Å². The molecule has 0 radical (unpaired) electrons. The van der Waals surface area contributed by atoms with E-state index in [1.165, 1.54) is 0 Å². The molecule has 0 saturated carbocycles. The number of carbonyl (C=O) groups is 2. The Balaban J connectivity index is 1.62. The number of rotatable bonds is 5. The minimum Gasteiger partial charge on any atom is -0.449 e. The summed E-state index contributed by atoms with van der Waals surface area (Å²) < 4.78 is 11.0. The molecule has 3 aromatic rings. The minimum absolute atomic E-state index is 0.143. The van der Waals surface area contributed by atoms with Gasteiger partial charge in [0.05, 0.1) is 22.3 Å². The first kappa shape index (κ1) is 21.0. The van der Waals surface area contributed by atoms with Crippen LogP contribution in [-0.2, 0) is 9.53 Å². The maximum atomic E-state index is 13.2. The molecule has 2 unspecified atom stereocenters. The van der Waals surface area contributed by atoms with Crippen molar-refractivity contribution >= 4 is 23.0 Å². The summed E-state index contributed by atoms with van der Waals surface area (Å²) in [4.78, 5) is 32.5. The summed E-state index contributed by atoms with van der Waals surface area (Å²) in [5, 5.41) is 4.47. The highest BCUT2D eigenvalue weighted by molar-refractivity contribution is 6.05. The second-order valence-corrected chi connectivity index (χ2v) is 8.01. The zero-order valence-corrected chi connectivity index (χ0v) is 18.1. The first-order valence-electron chi connectivity index (χ1n) is 10.8. The van der Waals surface area contributed by atoms with Crippen LogP contribution in [0.25, 0.3) is 22.4 Å². The summed E-state index contributed by atoms with van der Waals surface area (Å²) in [6.07, 6.45) is 3.13. The number of fused-ring (bicyclic) bond motifs is 1. The Morgan fingerprint density at radius 1 is 1.26 bits per heavy atom. The second kappa shape index (κ2) is 8.88. The highest BCUT2D eigenvalue weighted by Crippen LogP contribution is 2.28. The van der Waals surface area contributed by atoms with Crippen LogP contribution in [-0.4, -0.2) is 45.6 Å². The normalized spacial score (nSPS) is 17.5. The molecule has 1 saturated heterocycles. The van der Waals surface area contributed by atoms with Crippen molar-refractivity contribution in [2.75, 3.05) is 6.54 Å². The molecule has 2 atom stereocenters. The van der Waals surface area contributed by atoms with Crippen LogP contribution in [0, 0.1) is 6.92 Å². The first-order chi connectivity index (χ1) is 15.0. The monoisotopic (exact) mass is 421 g/mol. The molecule has 162 valence electrons. The highest BCUT2D eigenvalue weighted by Gasteiger charge is 2.31. The number of piperidine rings is 1. The fourth-order valence-corrected chi connectivity index (χ4v) is 4.24. The number of hydrogen-bond donors (Lipinski definition) is 0. The minimum atomic E-state index is -0.872. The number of carbonyl (C=O) groups excluding carboxylic acids is 2. The van der Waals surface area contributed by atoms with Gasteiger partial charge in [0.25, 0.3) is 11.6 Å². The molecule has 0 spiro atoms. The lowest BCUT2D eigenvalue weighted by atomic mass is 9.99. The van der Waals surface area contributed by atoms with E-state index in [4.69, 9.17) is 9.26 Å². The van der Waals surface area contributed by atoms with Gasteiger partial charge in [-0.1, -0.05) is 42.4 Å². The third-order valence-corrected chi connectivity index (χ3v) is 5.92. The molecule has 4 rings (SSSR count). The Kier molecular flexibility index (Phi) is 6.02. The van der Waals surface area contributed by atoms with Gasteiger partial charge < -0.3 is 14.2 Å². The predicted molar refractivity (Wildman–Crippen MR) is 116 cm³/mol. The summed E-state index contributed by atoms with van der Waals surface area (Å²) in [5.41, 5.74) is 2.54. The summed E-state index contributed by atoms with van der Waals surface area (Å²) in [7, 11) is 0. The molecule has 1 aromatic carbocycles. The average Bonchev–Trinajstić information content (AvgIpc) is 3.19. The van der Waals surface area contributed by atoms with E-state index in [0.717, 1.165) is 31.2 Å². The van der Waals surface area contributed by atoms with Crippen molar-refractivity contribution in [2.24, 2.45) is 0 Å². The summed E-state index contributed by atoms with van der Waals surface area (Å²) in [6.45, 7) is 6.18. The molecule has 1 fully saturated rings. The van der Waals surface area contributed by atoms with Gasteiger partial charge in [-0.3, -0.25) is 4.79 Å². The van der Waals surface area contributed by atoms with Crippen LogP contribution < -0.4 is 0 Å². The summed E-state index contributed by atoms with van der Waals surface area (Å²) in [6, 6.07) is 11.4. The maximum absolute atomic E-state index is 13.2. The Hall–Kier alpha value is -3.22. The highest BCUT2D eigenvalue weighted by atomic mass is 16.5. The standard InChI is InChI=1S/C24H27N3O4/c1-4-18-12-8-9-13-27(18)23(28)16(3)30-24(29)19-14-20(17-10-6-5-7-11-17)25-22-21(19)15(2)26-31-22/h5-7,10-11,14,16,18H,4,8-9,12-13H2,1-3H3. The largest absolute Gasteiger partial charge is 0.449 e. The van der Waals surface area contributed by atoms with E-state index >= 15 is 0 Å². The van der Waals surface area contributed by atoms with Crippen LogP contribution in [0.5, 0.6) is 0 Å². The fourth-order valence-electron chi connectivity index (χ4n) is 4.24. The van der Waals surface area contributed by atoms with Gasteiger partial charge in [0.15, 0.2) is 6.10 Å². The molecule has 7 heteroatoms. The smallest absolute Gasteiger partial charge is 0.339 e. The first-order valence-corrected chi connectivity index (χ1v) is 10.8. The van der Waals surface area contributed by atoms with Crippen molar-refractivity contribution in [2.45, 2.75) is 58.6 Å². The predicted octanol–water partition coefficient (Wildman–Crippen LogP) is 4.53. The van der Waals surface area contributed by atoms with Gasteiger partial charge in [0.1, 0.15) is 0 Å². The lowest BCUT2D eigenvalue weighted by molar-refractivity contribution is -0.143. The van der Waals surface area contributed by atoms with Crippen LogP contribution >= 0.6 is 0 Å². The molecule has 0 N–H and O–H groups in total. The molecule has 31 heavy (non-hydrogen) atoms. The molecule has 1 amide bonds. The zero-order valence-electron chi connectivity index (χ0n) is 18.1. The molecule has 3 heterocycles. The van der Waals surface area contributed by atoms with Gasteiger partial charge >= 0.3 is 5.97 Å². The van der Waals surface area contributed by atoms with Gasteiger partial charge in [-0.15, -0.1) is 0 Å². The number of likely N-dealkylation sites (tertiary alicyclic amines) is 1. The maximum Gasteiger partial charge on any atom is 0.339 e. The van der Waals surface area contributed by atoms with Gasteiger partial charge in [-0.25, -0.2) is 9.78 Å². The second-order valence-electron chi connectivity index (χ2n) is 8.01. The molecular formula is C24H27N3O4. The number of esters is 1. The number of pyridine rings is 1. The lowest BCUT2D eigenvalue weighted by Crippen LogP contribution is -2.48. The number of ether oxygens (including phenoxy) is 1. The zero-order chi connectivity index (χ0) is 22.0. The quantitative estimate of drug-likeness (QED) is 0.563. The van der Waals surface area contributed by atoms with E-state index in [1.807, 2.05) is 35.2 Å². The summed E-state index contributed by atoms with van der Waals surface area (Å²) in [5.74, 6) is -0.725. The van der Waals surface area contributed by atoms with E-state index < -0.39 is 12.1 Å². The van der Waals surface area contributed by atoms with E-state index in [9.17, 15) is 9.59 Å². The van der Waals surface area contributed by atoms with E-state index in [0.29, 0.717) is 28.9 Å². The van der Waals surface area contributed by atoms with Crippen molar-refractivity contribution in [1.29, 1.82) is 0 Å². The van der Waals surface area contributed by atoms with Gasteiger partial charge in [-0.2, -0.15) is 0 Å². The van der Waals surface area contributed by atoms with Crippen LogP contribution in [0.15, 0.2) is 40.9 Å². The molecule has 7 nitrogen and oxygen atoms in total. The Morgan fingerprint density at radius 2 is 2.03 bits per heavy atom. The molecule has 1 aliphatic rings. The van der Waals surface area contributed by atoms with Crippen LogP contribution in [0.4, 0.5) is 0 Å². The third kappa shape index (κ3) is 4.17. The van der Waals surface area contributed by atoms with Crippen LogP contribution in [0.3, 0.4) is 0 Å². The fraction of sp³-hybridized carbons (Fsp3) is 0.417. The van der Waals surface area contributed by atoms with Crippen molar-refractivity contribution in [3.8, 4) is 11.3 Å². The third-order valence-electron chi connectivity index (χ3n) is 5.92. The Labute approximate surface area is 181 Å². The lowest BCUT2D eigenvalue weighted by Gasteiger charge is -2.36. The molecule has 1 aliphatic heterocycles. The van der Waals surface area contributed by atoms with Gasteiger partial charge in [-0.05, 0) is 45.6 Å². The summed E-state index contributed by atoms with van der Waals surface area (Å²) >= 11 is 0. The Morgan fingerprint density at radius 3 is 2.77 bits per heavy atom. The van der Waals surface area contributed by atoms with Gasteiger partial charge in [0, 0.05) is 18.2 Å². The molecule has 0 aliphatic carbocycles. The molecule has 0 bridgehead atoms. The topological polar surface area (TPSA) is 85.5 Å². The molecular weight excluding hydrogens is 394 g/mol. The average molecular weight is 421 g/mol. The van der Waals surface area contributed by atoms with Gasteiger partial charge in [0.2, 0.25) is 0 Å². The van der Waals surface area contributed by atoms with E-state index in [1.54, 1.807) is 19.9 Å². The number of nitrogens with zero attached hydrogens (tertiary/aromatic N) is 3. The number of benzene rings is 1. The van der Waals surface area contributed by atoms with Crippen molar-refractivity contribution < 1.29 is 18.8 Å². The number of aromatic nitrogens is 2. The number of aryl methyl sites for hydroxylation is 1. The number of amides is 1. The van der Waals surface area contributed by atoms with Crippen molar-refractivity contribution in [3.05, 3.63) is 47.7 Å². The van der Waals surface area contributed by atoms with Crippen molar-refractivity contribution in [1.82, 2.24) is 15.0 Å². The van der Waals surface area contributed by atoms with Crippen molar-refractivity contribution in [3.63, 3.8) is 0 Å². The van der Waals surface area contributed by atoms with Crippen LogP contribution in [0.1, 0.15) is 55.6 Å². The van der Waals surface area contributed by atoms with Crippen LogP contribution in [0.2, 0.25) is 0 Å². The Bertz CT molecular complexity index is 1090. The number of hydrogen-bond acceptors (Lipinski definition) is 6. The van der Waals surface area contributed by atoms with E-state index in [-0.39, 0.29) is 17.7 Å². The molecule has 2 aromatic heterocycles.